The minimum absolute atomic E-state index is 0.0151. The summed E-state index contributed by atoms with van der Waals surface area (Å²) in [4.78, 5) is 41.3. The van der Waals surface area contributed by atoms with E-state index in [2.05, 4.69) is 10.3 Å². The first-order valence-electron chi connectivity index (χ1n) is 10.5. The van der Waals surface area contributed by atoms with Gasteiger partial charge in [-0.3, -0.25) is 14.4 Å². The number of piperazine rings is 1. The Kier molecular flexibility index (Phi) is 6.93. The van der Waals surface area contributed by atoms with Gasteiger partial charge in [0.1, 0.15) is 5.75 Å². The number of thioether (sulfide) groups is 1. The van der Waals surface area contributed by atoms with Crippen molar-refractivity contribution in [3.8, 4) is 17.2 Å². The average molecular weight is 520 g/mol. The Hall–Kier alpha value is -4.00. The van der Waals surface area contributed by atoms with Crippen molar-refractivity contribution in [1.29, 1.82) is 0 Å². The highest BCUT2D eigenvalue weighted by molar-refractivity contribution is 8.18. The van der Waals surface area contributed by atoms with Gasteiger partial charge in [0.2, 0.25) is 11.8 Å². The van der Waals surface area contributed by atoms with Crippen LogP contribution in [-0.2, 0) is 15.8 Å². The van der Waals surface area contributed by atoms with Crippen molar-refractivity contribution in [2.45, 2.75) is 6.18 Å². The van der Waals surface area contributed by atoms with Gasteiger partial charge in [0.05, 0.1) is 24.1 Å². The molecule has 0 unspecified atom stereocenters. The van der Waals surface area contributed by atoms with Gasteiger partial charge < -0.3 is 25.4 Å². The van der Waals surface area contributed by atoms with Crippen molar-refractivity contribution in [3.05, 3.63) is 58.0 Å². The van der Waals surface area contributed by atoms with Crippen LogP contribution in [0.5, 0.6) is 17.2 Å². The topological polar surface area (TPSA) is 123 Å². The molecule has 0 bridgehead atoms. The molecule has 1 saturated heterocycles. The first-order chi connectivity index (χ1) is 17.0. The molecule has 36 heavy (non-hydrogen) atoms. The van der Waals surface area contributed by atoms with Gasteiger partial charge in [0, 0.05) is 18.7 Å². The number of alkyl halides is 3. The molecule has 2 heterocycles. The van der Waals surface area contributed by atoms with Gasteiger partial charge in [-0.25, -0.2) is 0 Å². The Morgan fingerprint density at radius 1 is 1.17 bits per heavy atom. The third-order valence-corrected chi connectivity index (χ3v) is 6.24. The van der Waals surface area contributed by atoms with Gasteiger partial charge in [0.15, 0.2) is 16.7 Å². The first kappa shape index (κ1) is 25.1. The number of halogens is 3. The van der Waals surface area contributed by atoms with E-state index in [9.17, 15) is 27.6 Å². The number of nitrogens with zero attached hydrogens (tertiary/aromatic N) is 2. The molecule has 4 rings (SSSR count). The van der Waals surface area contributed by atoms with E-state index in [-0.39, 0.29) is 29.5 Å². The van der Waals surface area contributed by atoms with Gasteiger partial charge in [-0.05, 0) is 53.7 Å². The lowest BCUT2D eigenvalue weighted by molar-refractivity contribution is -0.138. The van der Waals surface area contributed by atoms with E-state index in [4.69, 9.17) is 15.2 Å². The third kappa shape index (κ3) is 5.46. The molecule has 0 atom stereocenters. The Labute approximate surface area is 207 Å². The van der Waals surface area contributed by atoms with Crippen LogP contribution in [0.15, 0.2) is 46.3 Å². The van der Waals surface area contributed by atoms with Crippen molar-refractivity contribution in [2.75, 3.05) is 26.7 Å². The second-order valence-electron chi connectivity index (χ2n) is 7.67. The lowest BCUT2D eigenvalue weighted by Crippen LogP contribution is -2.49. The second kappa shape index (κ2) is 9.93. The standard InChI is InChI=1S/C23H19F3N4O5S/c1-34-17-8-12(9-18-21(33)29-22(36-18)30-7-6-28-19(31)11-30)2-4-16(17)35-15-5-3-13(20(27)32)10-14(15)23(24,25)26/h2-5,8-10H,6-7,11H2,1H3,(H2,27,32)(H,28,31). The normalized spacial score (nSPS) is 17.2. The number of nitrogens with one attached hydrogen (secondary N) is 1. The number of benzene rings is 2. The Balaban J connectivity index is 1.57. The molecule has 0 aromatic heterocycles. The predicted molar refractivity (Wildman–Crippen MR) is 126 cm³/mol. The van der Waals surface area contributed by atoms with E-state index >= 15 is 0 Å². The molecule has 0 radical (unpaired) electrons. The maximum absolute atomic E-state index is 13.6. The third-order valence-electron chi connectivity index (χ3n) is 5.19. The number of primary amides is 1. The minimum atomic E-state index is -4.80. The summed E-state index contributed by atoms with van der Waals surface area (Å²) in [6.45, 7) is 1.08. The molecule has 2 aliphatic heterocycles. The van der Waals surface area contributed by atoms with Gasteiger partial charge in [0.25, 0.3) is 5.91 Å². The average Bonchev–Trinajstić information content (AvgIpc) is 3.19. The van der Waals surface area contributed by atoms with E-state index in [1.54, 1.807) is 11.0 Å². The van der Waals surface area contributed by atoms with Crippen molar-refractivity contribution in [2.24, 2.45) is 10.7 Å². The van der Waals surface area contributed by atoms with Gasteiger partial charge in [-0.1, -0.05) is 6.07 Å². The van der Waals surface area contributed by atoms with Crippen LogP contribution >= 0.6 is 11.8 Å². The first-order valence-corrected chi connectivity index (χ1v) is 11.3. The maximum Gasteiger partial charge on any atom is 0.420 e. The maximum atomic E-state index is 13.6. The molecule has 188 valence electrons. The number of rotatable bonds is 5. The largest absolute Gasteiger partial charge is 0.493 e. The van der Waals surface area contributed by atoms with E-state index in [0.29, 0.717) is 34.8 Å². The van der Waals surface area contributed by atoms with Crippen LogP contribution in [-0.4, -0.2) is 54.5 Å². The summed E-state index contributed by atoms with van der Waals surface area (Å²) < 4.78 is 51.4. The summed E-state index contributed by atoms with van der Waals surface area (Å²) in [7, 11) is 1.32. The number of amides is 3. The Morgan fingerprint density at radius 3 is 2.58 bits per heavy atom. The molecule has 3 amide bonds. The fraction of sp³-hybridized carbons (Fsp3) is 0.217. The van der Waals surface area contributed by atoms with E-state index < -0.39 is 29.3 Å². The lowest BCUT2D eigenvalue weighted by Gasteiger charge is -2.27. The zero-order valence-electron chi connectivity index (χ0n) is 18.7. The fourth-order valence-corrected chi connectivity index (χ4v) is 4.40. The van der Waals surface area contributed by atoms with Crippen LogP contribution in [0.1, 0.15) is 21.5 Å². The van der Waals surface area contributed by atoms with Gasteiger partial charge in [-0.2, -0.15) is 18.2 Å². The van der Waals surface area contributed by atoms with Crippen LogP contribution in [0.3, 0.4) is 0 Å². The molecule has 13 heteroatoms. The summed E-state index contributed by atoms with van der Waals surface area (Å²) in [6, 6.07) is 7.18. The molecule has 0 aliphatic carbocycles. The Morgan fingerprint density at radius 2 is 1.92 bits per heavy atom. The summed E-state index contributed by atoms with van der Waals surface area (Å²) in [5.74, 6) is -2.07. The van der Waals surface area contributed by atoms with Gasteiger partial charge in [-0.15, -0.1) is 0 Å². The monoisotopic (exact) mass is 520 g/mol. The van der Waals surface area contributed by atoms with Crippen LogP contribution in [0.25, 0.3) is 6.08 Å². The molecular formula is C23H19F3N4O5S. The molecule has 0 saturated carbocycles. The molecule has 1 fully saturated rings. The molecular weight excluding hydrogens is 501 g/mol. The number of hydrogen-bond donors (Lipinski definition) is 2. The lowest BCUT2D eigenvalue weighted by atomic mass is 10.1. The van der Waals surface area contributed by atoms with Crippen molar-refractivity contribution < 1.29 is 37.0 Å². The molecule has 2 aliphatic rings. The number of aliphatic imine (C=N–C) groups is 1. The highest BCUT2D eigenvalue weighted by Crippen LogP contribution is 2.41. The predicted octanol–water partition coefficient (Wildman–Crippen LogP) is 3.01. The number of carbonyl (C=O) groups excluding carboxylic acids is 3. The van der Waals surface area contributed by atoms with E-state index in [1.165, 1.54) is 25.3 Å². The number of ether oxygens (including phenoxy) is 2. The number of methoxy groups -OCH3 is 1. The van der Waals surface area contributed by atoms with Crippen molar-refractivity contribution in [3.63, 3.8) is 0 Å². The molecule has 2 aromatic rings. The number of carbonyl (C=O) groups is 3. The Bertz CT molecular complexity index is 1310. The minimum Gasteiger partial charge on any atom is -0.493 e. The van der Waals surface area contributed by atoms with E-state index in [0.717, 1.165) is 23.9 Å². The summed E-state index contributed by atoms with van der Waals surface area (Å²) >= 11 is 1.12. The zero-order valence-corrected chi connectivity index (χ0v) is 19.5. The summed E-state index contributed by atoms with van der Waals surface area (Å²) in [5.41, 5.74) is 4.13. The summed E-state index contributed by atoms with van der Waals surface area (Å²) in [5, 5.41) is 3.12. The number of hydrogen-bond acceptors (Lipinski definition) is 7. The molecule has 9 nitrogen and oxygen atoms in total. The van der Waals surface area contributed by atoms with Crippen molar-refractivity contribution >= 4 is 40.7 Å². The van der Waals surface area contributed by atoms with Crippen LogP contribution < -0.4 is 20.5 Å². The van der Waals surface area contributed by atoms with Crippen LogP contribution in [0.2, 0.25) is 0 Å². The van der Waals surface area contributed by atoms with Crippen molar-refractivity contribution in [1.82, 2.24) is 10.2 Å². The molecule has 0 spiro atoms. The number of nitrogens with two attached hydrogens (primary N) is 1. The zero-order chi connectivity index (χ0) is 26.0. The van der Waals surface area contributed by atoms with E-state index in [1.807, 2.05) is 0 Å². The summed E-state index contributed by atoms with van der Waals surface area (Å²) in [6.07, 6.45) is -3.24. The van der Waals surface area contributed by atoms with Crippen LogP contribution in [0, 0.1) is 0 Å². The quantitative estimate of drug-likeness (QED) is 0.581. The highest BCUT2D eigenvalue weighted by Gasteiger charge is 2.35. The van der Waals surface area contributed by atoms with Crippen LogP contribution in [0.4, 0.5) is 13.2 Å². The fourth-order valence-electron chi connectivity index (χ4n) is 3.46. The number of amidine groups is 1. The molecule has 3 N–H and O–H groups in total. The smallest absolute Gasteiger partial charge is 0.420 e. The highest BCUT2D eigenvalue weighted by atomic mass is 32.2. The SMILES string of the molecule is COc1cc(C=C2SC(N3CCNC(=O)C3)=NC2=O)ccc1Oc1ccc(C(N)=O)cc1C(F)(F)F. The second-order valence-corrected chi connectivity index (χ2v) is 8.68. The van der Waals surface area contributed by atoms with Gasteiger partial charge >= 0.3 is 6.18 Å². The molecule has 2 aromatic carbocycles.